The Morgan fingerprint density at radius 3 is 2.60 bits per heavy atom. The van der Waals surface area contributed by atoms with Gasteiger partial charge in [-0.15, -0.1) is 0 Å². The smallest absolute Gasteiger partial charge is 0.255 e. The normalized spacial score (nSPS) is 10.1. The lowest BCUT2D eigenvalue weighted by molar-refractivity contribution is 0.0948. The van der Waals surface area contributed by atoms with E-state index in [1.165, 1.54) is 7.11 Å². The molecule has 4 nitrogen and oxygen atoms in total. The van der Waals surface area contributed by atoms with E-state index in [9.17, 15) is 9.90 Å². The second-order valence-electron chi connectivity index (χ2n) is 4.19. The zero-order chi connectivity index (χ0) is 14.5. The first-order chi connectivity index (χ1) is 9.60. The minimum atomic E-state index is -0.266. The van der Waals surface area contributed by atoms with Gasteiger partial charge in [-0.05, 0) is 35.9 Å². The predicted molar refractivity (Wildman–Crippen MR) is 77.3 cm³/mol. The number of carbonyl (C=O) groups excluding carboxylic acids is 1. The maximum atomic E-state index is 12.1. The summed E-state index contributed by atoms with van der Waals surface area (Å²) in [7, 11) is 1.50. The molecule has 0 saturated heterocycles. The summed E-state index contributed by atoms with van der Waals surface area (Å²) in [5, 5.41) is 12.4. The van der Waals surface area contributed by atoms with Crippen LogP contribution in [0.3, 0.4) is 0 Å². The third-order valence-electron chi connectivity index (χ3n) is 2.80. The van der Waals surface area contributed by atoms with Crippen molar-refractivity contribution in [2.75, 3.05) is 7.11 Å². The molecule has 0 saturated carbocycles. The first-order valence-electron chi connectivity index (χ1n) is 6.00. The van der Waals surface area contributed by atoms with Crippen LogP contribution in [-0.2, 0) is 6.54 Å². The first-order valence-corrected chi connectivity index (χ1v) is 6.37. The molecule has 0 aliphatic carbocycles. The zero-order valence-corrected chi connectivity index (χ0v) is 11.6. The van der Waals surface area contributed by atoms with E-state index in [2.05, 4.69) is 5.32 Å². The van der Waals surface area contributed by atoms with Gasteiger partial charge in [-0.2, -0.15) is 0 Å². The quantitative estimate of drug-likeness (QED) is 0.910. The van der Waals surface area contributed by atoms with Crippen LogP contribution in [0.2, 0.25) is 5.02 Å². The number of nitrogens with one attached hydrogen (secondary N) is 1. The molecule has 0 spiro atoms. The van der Waals surface area contributed by atoms with Crippen LogP contribution in [0.5, 0.6) is 11.5 Å². The topological polar surface area (TPSA) is 58.6 Å². The Hall–Kier alpha value is -2.20. The van der Waals surface area contributed by atoms with E-state index in [0.717, 1.165) is 5.56 Å². The van der Waals surface area contributed by atoms with Crippen molar-refractivity contribution in [3.05, 3.63) is 58.6 Å². The van der Waals surface area contributed by atoms with Gasteiger partial charge in [0.05, 0.1) is 12.7 Å². The van der Waals surface area contributed by atoms with Crippen molar-refractivity contribution >= 4 is 17.5 Å². The minimum absolute atomic E-state index is 0.191. The molecule has 0 bridgehead atoms. The summed E-state index contributed by atoms with van der Waals surface area (Å²) in [6.07, 6.45) is 0. The van der Waals surface area contributed by atoms with Gasteiger partial charge < -0.3 is 15.2 Å². The van der Waals surface area contributed by atoms with Gasteiger partial charge in [0, 0.05) is 11.6 Å². The van der Waals surface area contributed by atoms with Gasteiger partial charge in [0.2, 0.25) is 0 Å². The van der Waals surface area contributed by atoms with Crippen LogP contribution in [0, 0.1) is 0 Å². The van der Waals surface area contributed by atoms with Crippen LogP contribution in [0.4, 0.5) is 0 Å². The summed E-state index contributed by atoms with van der Waals surface area (Å²) in [4.78, 5) is 12.1. The van der Waals surface area contributed by atoms with E-state index >= 15 is 0 Å². The van der Waals surface area contributed by atoms with E-state index in [0.29, 0.717) is 22.9 Å². The van der Waals surface area contributed by atoms with E-state index in [-0.39, 0.29) is 11.7 Å². The number of benzene rings is 2. The van der Waals surface area contributed by atoms with Gasteiger partial charge in [0.25, 0.3) is 5.91 Å². The lowest BCUT2D eigenvalue weighted by Crippen LogP contribution is -2.23. The molecular weight excluding hydrogens is 278 g/mol. The average molecular weight is 292 g/mol. The molecule has 104 valence electrons. The monoisotopic (exact) mass is 291 g/mol. The van der Waals surface area contributed by atoms with Gasteiger partial charge in [0.1, 0.15) is 11.5 Å². The Balaban J connectivity index is 2.08. The SMILES string of the molecule is COc1ccc(Cl)cc1C(=O)NCc1ccc(O)cc1. The molecule has 0 aliphatic rings. The standard InChI is InChI=1S/C15H14ClNO3/c1-20-14-7-4-11(16)8-13(14)15(19)17-9-10-2-5-12(18)6-3-10/h2-8,18H,9H2,1H3,(H,17,19). The molecular formula is C15H14ClNO3. The summed E-state index contributed by atoms with van der Waals surface area (Å²) in [6.45, 7) is 0.356. The van der Waals surface area contributed by atoms with Crippen molar-refractivity contribution in [2.24, 2.45) is 0 Å². The van der Waals surface area contributed by atoms with Crippen LogP contribution in [0.25, 0.3) is 0 Å². The van der Waals surface area contributed by atoms with E-state index in [1.54, 1.807) is 42.5 Å². The highest BCUT2D eigenvalue weighted by molar-refractivity contribution is 6.31. The van der Waals surface area contributed by atoms with Gasteiger partial charge in [-0.1, -0.05) is 23.7 Å². The summed E-state index contributed by atoms with van der Waals surface area (Å²) in [5.74, 6) is 0.395. The number of hydrogen-bond acceptors (Lipinski definition) is 3. The molecule has 0 atom stereocenters. The Labute approximate surface area is 122 Å². The number of rotatable bonds is 4. The second kappa shape index (κ2) is 6.30. The fourth-order valence-electron chi connectivity index (χ4n) is 1.75. The number of phenols is 1. The fourth-order valence-corrected chi connectivity index (χ4v) is 1.92. The minimum Gasteiger partial charge on any atom is -0.508 e. The molecule has 0 unspecified atom stereocenters. The molecule has 2 rings (SSSR count). The molecule has 2 aromatic carbocycles. The highest BCUT2D eigenvalue weighted by Crippen LogP contribution is 2.22. The number of phenolic OH excluding ortho intramolecular Hbond substituents is 1. The van der Waals surface area contributed by atoms with E-state index in [1.807, 2.05) is 0 Å². The maximum absolute atomic E-state index is 12.1. The third kappa shape index (κ3) is 3.42. The number of aromatic hydroxyl groups is 1. The van der Waals surface area contributed by atoms with Crippen molar-refractivity contribution in [2.45, 2.75) is 6.54 Å². The van der Waals surface area contributed by atoms with E-state index in [4.69, 9.17) is 16.3 Å². The maximum Gasteiger partial charge on any atom is 0.255 e. The molecule has 0 radical (unpaired) electrons. The van der Waals surface area contributed by atoms with Crippen molar-refractivity contribution in [1.29, 1.82) is 0 Å². The molecule has 1 amide bonds. The number of hydrogen-bond donors (Lipinski definition) is 2. The molecule has 0 heterocycles. The van der Waals surface area contributed by atoms with Crippen LogP contribution >= 0.6 is 11.6 Å². The van der Waals surface area contributed by atoms with Crippen LogP contribution in [0.1, 0.15) is 15.9 Å². The number of amides is 1. The molecule has 2 N–H and O–H groups in total. The zero-order valence-electron chi connectivity index (χ0n) is 10.9. The summed E-state index contributed by atoms with van der Waals surface area (Å²) in [5.41, 5.74) is 1.27. The molecule has 5 heteroatoms. The summed E-state index contributed by atoms with van der Waals surface area (Å²) < 4.78 is 5.14. The number of halogens is 1. The Bertz CT molecular complexity index is 611. The van der Waals surface area contributed by atoms with Crippen molar-refractivity contribution in [1.82, 2.24) is 5.32 Å². The van der Waals surface area contributed by atoms with Crippen LogP contribution < -0.4 is 10.1 Å². The summed E-state index contributed by atoms with van der Waals surface area (Å²) in [6, 6.07) is 11.5. The molecule has 20 heavy (non-hydrogen) atoms. The Kier molecular flexibility index (Phi) is 4.48. The van der Waals surface area contributed by atoms with Gasteiger partial charge in [-0.3, -0.25) is 4.79 Å². The van der Waals surface area contributed by atoms with E-state index < -0.39 is 0 Å². The fraction of sp³-hybridized carbons (Fsp3) is 0.133. The molecule has 0 aromatic heterocycles. The largest absolute Gasteiger partial charge is 0.508 e. The Morgan fingerprint density at radius 1 is 1.25 bits per heavy atom. The number of methoxy groups -OCH3 is 1. The van der Waals surface area contributed by atoms with Crippen LogP contribution in [0.15, 0.2) is 42.5 Å². The van der Waals surface area contributed by atoms with Crippen LogP contribution in [-0.4, -0.2) is 18.1 Å². The lowest BCUT2D eigenvalue weighted by atomic mass is 10.1. The van der Waals surface area contributed by atoms with Gasteiger partial charge >= 0.3 is 0 Å². The predicted octanol–water partition coefficient (Wildman–Crippen LogP) is 2.98. The summed E-state index contributed by atoms with van der Waals surface area (Å²) >= 11 is 5.89. The number of carbonyl (C=O) groups is 1. The van der Waals surface area contributed by atoms with Crippen molar-refractivity contribution in [3.63, 3.8) is 0 Å². The highest BCUT2D eigenvalue weighted by atomic mass is 35.5. The van der Waals surface area contributed by atoms with Gasteiger partial charge in [0.15, 0.2) is 0 Å². The highest BCUT2D eigenvalue weighted by Gasteiger charge is 2.12. The average Bonchev–Trinajstić information content (AvgIpc) is 2.46. The third-order valence-corrected chi connectivity index (χ3v) is 3.03. The first kappa shape index (κ1) is 14.2. The molecule has 0 fully saturated rings. The lowest BCUT2D eigenvalue weighted by Gasteiger charge is -2.10. The van der Waals surface area contributed by atoms with Crippen molar-refractivity contribution < 1.29 is 14.6 Å². The molecule has 0 aliphatic heterocycles. The molecule has 2 aromatic rings. The second-order valence-corrected chi connectivity index (χ2v) is 4.63. The number of ether oxygens (including phenoxy) is 1. The van der Waals surface area contributed by atoms with Crippen molar-refractivity contribution in [3.8, 4) is 11.5 Å². The van der Waals surface area contributed by atoms with Gasteiger partial charge in [-0.25, -0.2) is 0 Å². The Morgan fingerprint density at radius 2 is 1.95 bits per heavy atom.